The summed E-state index contributed by atoms with van der Waals surface area (Å²) in [5.74, 6) is 0.882. The quantitative estimate of drug-likeness (QED) is 0.780. The maximum absolute atomic E-state index is 12.0. The Balaban J connectivity index is 2.05. The van der Waals surface area contributed by atoms with E-state index in [0.717, 1.165) is 0 Å². The topological polar surface area (TPSA) is 74.3 Å². The summed E-state index contributed by atoms with van der Waals surface area (Å²) in [5, 5.41) is 0. The van der Waals surface area contributed by atoms with Gasteiger partial charge in [-0.2, -0.15) is 0 Å². The van der Waals surface area contributed by atoms with Crippen molar-refractivity contribution in [1.82, 2.24) is 4.90 Å². The lowest BCUT2D eigenvalue weighted by Crippen LogP contribution is -2.31. The zero-order chi connectivity index (χ0) is 15.9. The van der Waals surface area contributed by atoms with Crippen LogP contribution in [0.4, 0.5) is 0 Å². The number of carbonyl (C=O) groups is 2. The van der Waals surface area contributed by atoms with Gasteiger partial charge in [-0.05, 0) is 18.6 Å². The summed E-state index contributed by atoms with van der Waals surface area (Å²) < 4.78 is 21.2. The summed E-state index contributed by atoms with van der Waals surface area (Å²) in [6.45, 7) is 0. The molecule has 1 amide bonds. The summed E-state index contributed by atoms with van der Waals surface area (Å²) in [5.41, 5.74) is 0.612. The molecule has 2 saturated heterocycles. The molecule has 2 aliphatic heterocycles. The number of esters is 1. The van der Waals surface area contributed by atoms with Crippen LogP contribution in [0.25, 0.3) is 0 Å². The number of hydrogen-bond acceptors (Lipinski definition) is 6. The molecule has 1 aromatic rings. The second-order valence-corrected chi connectivity index (χ2v) is 5.10. The van der Waals surface area contributed by atoms with Crippen molar-refractivity contribution in [3.8, 4) is 17.2 Å². The van der Waals surface area contributed by atoms with Gasteiger partial charge in [0.25, 0.3) is 0 Å². The summed E-state index contributed by atoms with van der Waals surface area (Å²) in [6.07, 6.45) is 0.112. The Labute approximate surface area is 127 Å². The Bertz CT molecular complexity index is 601. The normalized spacial score (nSPS) is 23.3. The van der Waals surface area contributed by atoms with Crippen LogP contribution >= 0.6 is 0 Å². The highest BCUT2D eigenvalue weighted by Gasteiger charge is 2.49. The van der Waals surface area contributed by atoms with Gasteiger partial charge in [-0.3, -0.25) is 9.69 Å². The number of nitrogens with zero attached hydrogens (tertiary/aromatic N) is 1. The Morgan fingerprint density at radius 3 is 2.27 bits per heavy atom. The van der Waals surface area contributed by atoms with E-state index in [1.54, 1.807) is 12.1 Å². The first-order valence-electron chi connectivity index (χ1n) is 6.92. The molecule has 1 aromatic carbocycles. The van der Waals surface area contributed by atoms with Gasteiger partial charge in [0.1, 0.15) is 6.04 Å². The van der Waals surface area contributed by atoms with Crippen molar-refractivity contribution in [2.45, 2.75) is 25.1 Å². The Hall–Kier alpha value is -2.44. The summed E-state index contributed by atoms with van der Waals surface area (Å²) in [6, 6.07) is 2.89. The maximum Gasteiger partial charge on any atom is 0.331 e. The molecule has 0 bridgehead atoms. The molecule has 0 radical (unpaired) electrons. The molecule has 7 heteroatoms. The minimum Gasteiger partial charge on any atom is -0.493 e. The van der Waals surface area contributed by atoms with E-state index >= 15 is 0 Å². The van der Waals surface area contributed by atoms with Crippen molar-refractivity contribution in [3.05, 3.63) is 17.7 Å². The minimum absolute atomic E-state index is 0.0883. The van der Waals surface area contributed by atoms with E-state index in [2.05, 4.69) is 0 Å². The van der Waals surface area contributed by atoms with Gasteiger partial charge in [0.15, 0.2) is 11.5 Å². The number of ether oxygens (including phenoxy) is 4. The van der Waals surface area contributed by atoms with E-state index < -0.39 is 12.3 Å². The van der Waals surface area contributed by atoms with Crippen LogP contribution in [0.5, 0.6) is 17.2 Å². The first-order valence-corrected chi connectivity index (χ1v) is 6.92. The van der Waals surface area contributed by atoms with Gasteiger partial charge >= 0.3 is 5.97 Å². The Morgan fingerprint density at radius 1 is 1.09 bits per heavy atom. The van der Waals surface area contributed by atoms with E-state index in [1.165, 1.54) is 26.2 Å². The molecule has 7 nitrogen and oxygen atoms in total. The molecule has 2 atom stereocenters. The zero-order valence-corrected chi connectivity index (χ0v) is 12.6. The van der Waals surface area contributed by atoms with Crippen LogP contribution in [0.15, 0.2) is 12.1 Å². The van der Waals surface area contributed by atoms with Crippen molar-refractivity contribution in [2.24, 2.45) is 0 Å². The van der Waals surface area contributed by atoms with Crippen LogP contribution in [-0.4, -0.2) is 44.1 Å². The Morgan fingerprint density at radius 2 is 1.73 bits per heavy atom. The number of fused-ring (bicyclic) bond motifs is 1. The average molecular weight is 307 g/mol. The second-order valence-electron chi connectivity index (χ2n) is 5.10. The number of hydrogen-bond donors (Lipinski definition) is 0. The fraction of sp³-hybridized carbons (Fsp3) is 0.467. The minimum atomic E-state index is -0.749. The van der Waals surface area contributed by atoms with Gasteiger partial charge in [-0.15, -0.1) is 0 Å². The van der Waals surface area contributed by atoms with Gasteiger partial charge in [-0.1, -0.05) is 0 Å². The van der Waals surface area contributed by atoms with E-state index in [1.807, 2.05) is 0 Å². The lowest BCUT2D eigenvalue weighted by atomic mass is 10.1. The maximum atomic E-state index is 12.0. The van der Waals surface area contributed by atoms with Crippen molar-refractivity contribution < 1.29 is 28.5 Å². The molecule has 0 aromatic heterocycles. The molecule has 0 spiro atoms. The smallest absolute Gasteiger partial charge is 0.331 e. The van der Waals surface area contributed by atoms with E-state index in [4.69, 9.17) is 18.9 Å². The predicted molar refractivity (Wildman–Crippen MR) is 74.8 cm³/mol. The van der Waals surface area contributed by atoms with E-state index in [-0.39, 0.29) is 11.9 Å². The van der Waals surface area contributed by atoms with Gasteiger partial charge in [0.2, 0.25) is 17.9 Å². The van der Waals surface area contributed by atoms with Crippen LogP contribution in [0.2, 0.25) is 0 Å². The van der Waals surface area contributed by atoms with Crippen molar-refractivity contribution in [1.29, 1.82) is 0 Å². The molecule has 2 heterocycles. The molecule has 3 rings (SSSR count). The molecular formula is C15H17NO6. The summed E-state index contributed by atoms with van der Waals surface area (Å²) in [4.78, 5) is 25.4. The highest BCUT2D eigenvalue weighted by Crippen LogP contribution is 2.44. The largest absolute Gasteiger partial charge is 0.493 e. The fourth-order valence-electron chi connectivity index (χ4n) is 2.95. The molecule has 0 aliphatic carbocycles. The molecule has 0 N–H and O–H groups in total. The monoisotopic (exact) mass is 307 g/mol. The number of benzene rings is 1. The number of methoxy groups -OCH3 is 3. The zero-order valence-electron chi connectivity index (χ0n) is 12.6. The van der Waals surface area contributed by atoms with Gasteiger partial charge < -0.3 is 18.9 Å². The molecule has 22 heavy (non-hydrogen) atoms. The average Bonchev–Trinajstić information content (AvgIpc) is 3.07. The first-order chi connectivity index (χ1) is 10.6. The van der Waals surface area contributed by atoms with Gasteiger partial charge in [0.05, 0.1) is 21.3 Å². The number of carbonyl (C=O) groups excluding carboxylic acids is 2. The lowest BCUT2D eigenvalue weighted by molar-refractivity contribution is -0.144. The number of cyclic esters (lactones) is 1. The molecule has 2 aliphatic rings. The number of amides is 1. The summed E-state index contributed by atoms with van der Waals surface area (Å²) in [7, 11) is 4.52. The molecule has 0 saturated carbocycles. The summed E-state index contributed by atoms with van der Waals surface area (Å²) >= 11 is 0. The third-order valence-corrected chi connectivity index (χ3v) is 3.98. The third-order valence-electron chi connectivity index (χ3n) is 3.98. The van der Waals surface area contributed by atoms with Crippen LogP contribution in [0, 0.1) is 0 Å². The fourth-order valence-corrected chi connectivity index (χ4v) is 2.95. The SMILES string of the molecule is COc1cc(C2OC(=O)C3CCC(=O)N32)cc(OC)c1OC. The Kier molecular flexibility index (Phi) is 3.56. The third kappa shape index (κ3) is 2.04. The molecule has 2 unspecified atom stereocenters. The lowest BCUT2D eigenvalue weighted by Gasteiger charge is -2.22. The van der Waals surface area contributed by atoms with E-state index in [0.29, 0.717) is 35.7 Å². The second kappa shape index (κ2) is 5.40. The van der Waals surface area contributed by atoms with Crippen molar-refractivity contribution in [2.75, 3.05) is 21.3 Å². The van der Waals surface area contributed by atoms with Crippen LogP contribution in [0.3, 0.4) is 0 Å². The first kappa shape index (κ1) is 14.5. The molecule has 118 valence electrons. The van der Waals surface area contributed by atoms with Gasteiger partial charge in [-0.25, -0.2) is 4.79 Å². The van der Waals surface area contributed by atoms with Gasteiger partial charge in [0, 0.05) is 12.0 Å². The van der Waals surface area contributed by atoms with Crippen LogP contribution < -0.4 is 14.2 Å². The predicted octanol–water partition coefficient (Wildman–Crippen LogP) is 1.26. The van der Waals surface area contributed by atoms with Crippen LogP contribution in [0.1, 0.15) is 24.6 Å². The molecule has 2 fully saturated rings. The highest BCUT2D eigenvalue weighted by atomic mass is 16.6. The van der Waals surface area contributed by atoms with Crippen molar-refractivity contribution in [3.63, 3.8) is 0 Å². The standard InChI is InChI=1S/C15H17NO6/c1-19-10-6-8(7-11(20-2)13(10)21-3)14-16-9(15(18)22-14)4-5-12(16)17/h6-7,9,14H,4-5H2,1-3H3. The molecular weight excluding hydrogens is 290 g/mol. The van der Waals surface area contributed by atoms with E-state index in [9.17, 15) is 9.59 Å². The van der Waals surface area contributed by atoms with Crippen LogP contribution in [-0.2, 0) is 14.3 Å². The van der Waals surface area contributed by atoms with Crippen molar-refractivity contribution >= 4 is 11.9 Å². The highest BCUT2D eigenvalue weighted by molar-refractivity contribution is 5.91. The number of rotatable bonds is 4.